The lowest BCUT2D eigenvalue weighted by Gasteiger charge is -2.12. The highest BCUT2D eigenvalue weighted by molar-refractivity contribution is 7.81. The molecule has 98 valence electrons. The number of hydrogen-bond acceptors (Lipinski definition) is 4. The molecule has 1 heterocycles. The molecule has 0 spiro atoms. The van der Waals surface area contributed by atoms with Gasteiger partial charge in [-0.05, 0) is 12.8 Å². The number of urea groups is 1. The van der Waals surface area contributed by atoms with Crippen molar-refractivity contribution in [2.24, 2.45) is 0 Å². The number of carbonyl (C=O) groups excluding carboxylic acids is 2. The van der Waals surface area contributed by atoms with Crippen LogP contribution in [0.4, 0.5) is 4.79 Å². The van der Waals surface area contributed by atoms with E-state index in [1.807, 2.05) is 0 Å². The lowest BCUT2D eigenvalue weighted by atomic mass is 10.3. The molecule has 0 saturated carbocycles. The predicted octanol–water partition coefficient (Wildman–Crippen LogP) is 1.39. The summed E-state index contributed by atoms with van der Waals surface area (Å²) < 4.78 is 5.40. The largest absolute Gasteiger partial charge is 0.381 e. The minimum atomic E-state index is -0.687. The van der Waals surface area contributed by atoms with Crippen molar-refractivity contribution in [3.05, 3.63) is 0 Å². The molecule has 5 nitrogen and oxygen atoms in total. The fourth-order valence-electron chi connectivity index (χ4n) is 1.60. The Morgan fingerprint density at radius 1 is 1.29 bits per heavy atom. The summed E-state index contributed by atoms with van der Waals surface area (Å²) in [6.45, 7) is 3.88. The fraction of sp³-hybridized carbons (Fsp3) is 0.818. The van der Waals surface area contributed by atoms with Gasteiger partial charge in [-0.2, -0.15) is 0 Å². The van der Waals surface area contributed by atoms with E-state index in [2.05, 4.69) is 24.9 Å². The maximum atomic E-state index is 11.4. The average Bonchev–Trinajstić information content (AvgIpc) is 2.54. The third-order valence-electron chi connectivity index (χ3n) is 2.57. The zero-order chi connectivity index (χ0) is 12.7. The van der Waals surface area contributed by atoms with Gasteiger partial charge in [0.05, 0.1) is 0 Å². The van der Waals surface area contributed by atoms with Crippen LogP contribution in [-0.4, -0.2) is 42.0 Å². The first-order valence-electron chi connectivity index (χ1n) is 6.04. The summed E-state index contributed by atoms with van der Waals surface area (Å²) >= 11 is 3.95. The Hall–Kier alpha value is -0.750. The van der Waals surface area contributed by atoms with Crippen LogP contribution in [0.1, 0.15) is 32.6 Å². The van der Waals surface area contributed by atoms with Crippen LogP contribution in [0.5, 0.6) is 0 Å². The molecule has 1 saturated heterocycles. The number of ether oxygens (including phenoxy) is 1. The topological polar surface area (TPSA) is 58.6 Å². The average molecular weight is 260 g/mol. The van der Waals surface area contributed by atoms with Crippen LogP contribution in [0.2, 0.25) is 0 Å². The Morgan fingerprint density at radius 2 is 2.00 bits per heavy atom. The zero-order valence-corrected chi connectivity index (χ0v) is 11.0. The number of hydrogen-bond donors (Lipinski definition) is 2. The van der Waals surface area contributed by atoms with Crippen molar-refractivity contribution < 1.29 is 14.3 Å². The minimum absolute atomic E-state index is 0.274. The molecule has 0 bridgehead atoms. The molecule has 0 radical (unpaired) electrons. The molecule has 6 heteroatoms. The lowest BCUT2D eigenvalue weighted by Crippen LogP contribution is -2.32. The standard InChI is InChI=1S/C11H20N2O3S/c1-2-3-4-7-16-8-5-6-13-10(14)9(17)12-11(13)15/h9,17H,2-8H2,1H3,(H,12,15). The van der Waals surface area contributed by atoms with E-state index in [-0.39, 0.29) is 11.9 Å². The SMILES string of the molecule is CCCCCOCCCN1C(=O)NC(S)C1=O. The molecule has 3 amide bonds. The molecule has 1 unspecified atom stereocenters. The Bertz CT molecular complexity index is 273. The van der Waals surface area contributed by atoms with E-state index in [1.54, 1.807) is 0 Å². The van der Waals surface area contributed by atoms with Crippen LogP contribution in [0.25, 0.3) is 0 Å². The van der Waals surface area contributed by atoms with Crippen molar-refractivity contribution in [1.29, 1.82) is 0 Å². The van der Waals surface area contributed by atoms with Gasteiger partial charge in [0.2, 0.25) is 0 Å². The summed E-state index contributed by atoms with van der Waals surface area (Å²) in [6, 6.07) is -0.360. The minimum Gasteiger partial charge on any atom is -0.381 e. The van der Waals surface area contributed by atoms with E-state index < -0.39 is 5.37 Å². The Kier molecular flexibility index (Phi) is 6.36. The second-order valence-corrected chi connectivity index (χ2v) is 4.53. The summed E-state index contributed by atoms with van der Waals surface area (Å²) in [5.74, 6) is -0.274. The molecule has 1 aliphatic heterocycles. The molecule has 0 aromatic carbocycles. The Labute approximate surface area is 107 Å². The van der Waals surface area contributed by atoms with Gasteiger partial charge in [0.15, 0.2) is 5.37 Å². The van der Waals surface area contributed by atoms with E-state index >= 15 is 0 Å². The first kappa shape index (κ1) is 14.3. The number of amides is 3. The van der Waals surface area contributed by atoms with Gasteiger partial charge in [0.25, 0.3) is 5.91 Å². The van der Waals surface area contributed by atoms with Crippen molar-refractivity contribution in [2.75, 3.05) is 19.8 Å². The smallest absolute Gasteiger partial charge is 0.325 e. The van der Waals surface area contributed by atoms with Crippen molar-refractivity contribution >= 4 is 24.6 Å². The van der Waals surface area contributed by atoms with Crippen molar-refractivity contribution in [3.8, 4) is 0 Å². The van der Waals surface area contributed by atoms with Crippen LogP contribution in [0, 0.1) is 0 Å². The third kappa shape index (κ3) is 4.55. The molecule has 1 atom stereocenters. The molecule has 1 rings (SSSR count). The molecule has 1 aliphatic rings. The van der Waals surface area contributed by atoms with E-state index in [1.165, 1.54) is 17.7 Å². The maximum Gasteiger partial charge on any atom is 0.325 e. The van der Waals surface area contributed by atoms with Crippen LogP contribution in [-0.2, 0) is 9.53 Å². The summed E-state index contributed by atoms with van der Waals surface area (Å²) in [4.78, 5) is 23.9. The predicted molar refractivity (Wildman–Crippen MR) is 68.0 cm³/mol. The van der Waals surface area contributed by atoms with Gasteiger partial charge < -0.3 is 10.1 Å². The van der Waals surface area contributed by atoms with Crippen molar-refractivity contribution in [2.45, 2.75) is 38.0 Å². The molecule has 1 fully saturated rings. The van der Waals surface area contributed by atoms with Gasteiger partial charge in [0.1, 0.15) is 0 Å². The van der Waals surface area contributed by atoms with Gasteiger partial charge in [-0.25, -0.2) is 4.79 Å². The van der Waals surface area contributed by atoms with Gasteiger partial charge in [-0.1, -0.05) is 19.8 Å². The quantitative estimate of drug-likeness (QED) is 0.394. The molecule has 0 aromatic heterocycles. The molecule has 17 heavy (non-hydrogen) atoms. The zero-order valence-electron chi connectivity index (χ0n) is 10.1. The summed E-state index contributed by atoms with van der Waals surface area (Å²) in [5, 5.41) is 1.76. The Balaban J connectivity index is 2.06. The van der Waals surface area contributed by atoms with E-state index in [4.69, 9.17) is 4.74 Å². The first-order valence-corrected chi connectivity index (χ1v) is 6.56. The molecular weight excluding hydrogens is 240 g/mol. The summed E-state index contributed by atoms with van der Waals surface area (Å²) in [5.41, 5.74) is 0. The van der Waals surface area contributed by atoms with Gasteiger partial charge in [-0.3, -0.25) is 9.69 Å². The second-order valence-electron chi connectivity index (χ2n) is 4.01. The number of thiol groups is 1. The van der Waals surface area contributed by atoms with E-state index in [0.717, 1.165) is 13.0 Å². The molecule has 0 aliphatic carbocycles. The lowest BCUT2D eigenvalue weighted by molar-refractivity contribution is -0.125. The van der Waals surface area contributed by atoms with Gasteiger partial charge in [-0.15, -0.1) is 12.6 Å². The second kappa shape index (κ2) is 7.55. The van der Waals surface area contributed by atoms with Crippen LogP contribution < -0.4 is 5.32 Å². The number of nitrogens with one attached hydrogen (secondary N) is 1. The monoisotopic (exact) mass is 260 g/mol. The third-order valence-corrected chi connectivity index (χ3v) is 2.92. The fourth-order valence-corrected chi connectivity index (χ4v) is 1.85. The van der Waals surface area contributed by atoms with Gasteiger partial charge in [0, 0.05) is 19.8 Å². The number of imide groups is 1. The summed E-state index contributed by atoms with van der Waals surface area (Å²) in [6.07, 6.45) is 4.09. The highest BCUT2D eigenvalue weighted by Crippen LogP contribution is 2.09. The summed E-state index contributed by atoms with van der Waals surface area (Å²) in [7, 11) is 0. The van der Waals surface area contributed by atoms with Crippen LogP contribution in [0.15, 0.2) is 0 Å². The normalized spacial score (nSPS) is 19.9. The molecular formula is C11H20N2O3S. The molecule has 0 aromatic rings. The maximum absolute atomic E-state index is 11.4. The van der Waals surface area contributed by atoms with Crippen molar-refractivity contribution in [3.63, 3.8) is 0 Å². The number of carbonyl (C=O) groups is 2. The highest BCUT2D eigenvalue weighted by atomic mass is 32.1. The van der Waals surface area contributed by atoms with Gasteiger partial charge >= 0.3 is 6.03 Å². The number of rotatable bonds is 8. The first-order chi connectivity index (χ1) is 8.16. The van der Waals surface area contributed by atoms with Crippen LogP contribution >= 0.6 is 12.6 Å². The number of nitrogens with zero attached hydrogens (tertiary/aromatic N) is 1. The van der Waals surface area contributed by atoms with Crippen molar-refractivity contribution in [1.82, 2.24) is 10.2 Å². The van der Waals surface area contributed by atoms with E-state index in [0.29, 0.717) is 19.6 Å². The van der Waals surface area contributed by atoms with E-state index in [9.17, 15) is 9.59 Å². The molecule has 1 N–H and O–H groups in total. The Morgan fingerprint density at radius 3 is 2.59 bits per heavy atom. The van der Waals surface area contributed by atoms with Crippen LogP contribution in [0.3, 0.4) is 0 Å². The highest BCUT2D eigenvalue weighted by Gasteiger charge is 2.34. The number of unbranched alkanes of at least 4 members (excludes halogenated alkanes) is 2.